The summed E-state index contributed by atoms with van der Waals surface area (Å²) in [5, 5.41) is 2.92. The summed E-state index contributed by atoms with van der Waals surface area (Å²) in [5.41, 5.74) is 3.27. The number of methoxy groups -OCH3 is 1. The van der Waals surface area contributed by atoms with E-state index in [9.17, 15) is 9.59 Å². The maximum absolute atomic E-state index is 12.5. The van der Waals surface area contributed by atoms with Gasteiger partial charge in [0.1, 0.15) is 6.04 Å². The minimum absolute atomic E-state index is 0.0198. The van der Waals surface area contributed by atoms with Gasteiger partial charge in [0.15, 0.2) is 0 Å². The molecule has 4 heteroatoms. The number of carbonyl (C=O) groups is 2. The van der Waals surface area contributed by atoms with Crippen LogP contribution in [-0.4, -0.2) is 25.0 Å². The maximum Gasteiger partial charge on any atom is 0.328 e. The molecule has 0 heterocycles. The van der Waals surface area contributed by atoms with E-state index in [1.165, 1.54) is 13.5 Å². The first-order chi connectivity index (χ1) is 13.2. The van der Waals surface area contributed by atoms with Crippen molar-refractivity contribution in [1.29, 1.82) is 0 Å². The molecule has 0 spiro atoms. The van der Waals surface area contributed by atoms with Crippen molar-refractivity contribution >= 4 is 11.9 Å². The molecule has 3 rings (SSSR count). The van der Waals surface area contributed by atoms with E-state index in [1.54, 1.807) is 0 Å². The van der Waals surface area contributed by atoms with E-state index < -0.39 is 12.0 Å². The number of esters is 1. The van der Waals surface area contributed by atoms with Crippen LogP contribution in [0.1, 0.15) is 37.7 Å². The number of rotatable bonds is 6. The lowest BCUT2D eigenvalue weighted by molar-refractivity contribution is -0.145. The Balaban J connectivity index is 1.67. The highest BCUT2D eigenvalue weighted by molar-refractivity contribution is 5.86. The van der Waals surface area contributed by atoms with Gasteiger partial charge in [0.05, 0.1) is 7.11 Å². The molecule has 1 atom stereocenters. The van der Waals surface area contributed by atoms with Gasteiger partial charge in [0.25, 0.3) is 0 Å². The Labute approximate surface area is 160 Å². The molecule has 0 aliphatic heterocycles. The number of hydrogen-bond acceptors (Lipinski definition) is 3. The number of benzene rings is 2. The van der Waals surface area contributed by atoms with Crippen LogP contribution >= 0.6 is 0 Å². The second-order valence-electron chi connectivity index (χ2n) is 7.19. The largest absolute Gasteiger partial charge is 0.467 e. The third kappa shape index (κ3) is 5.19. The second kappa shape index (κ2) is 9.36. The Bertz CT molecular complexity index is 749. The third-order valence-corrected chi connectivity index (χ3v) is 5.28. The van der Waals surface area contributed by atoms with Crippen molar-refractivity contribution in [2.75, 3.05) is 7.11 Å². The first kappa shape index (κ1) is 19.2. The zero-order chi connectivity index (χ0) is 19.1. The molecule has 27 heavy (non-hydrogen) atoms. The first-order valence-corrected chi connectivity index (χ1v) is 9.70. The highest BCUT2D eigenvalue weighted by Crippen LogP contribution is 2.24. The summed E-state index contributed by atoms with van der Waals surface area (Å²) in [6.45, 7) is 0. The molecule has 0 unspecified atom stereocenters. The van der Waals surface area contributed by atoms with Gasteiger partial charge in [0, 0.05) is 12.3 Å². The summed E-state index contributed by atoms with van der Waals surface area (Å²) in [6, 6.07) is 17.6. The van der Waals surface area contributed by atoms with Gasteiger partial charge in [-0.25, -0.2) is 4.79 Å². The molecule has 0 bridgehead atoms. The van der Waals surface area contributed by atoms with Crippen molar-refractivity contribution < 1.29 is 14.3 Å². The molecule has 1 saturated carbocycles. The van der Waals surface area contributed by atoms with Crippen molar-refractivity contribution in [3.63, 3.8) is 0 Å². The molecule has 2 aromatic carbocycles. The van der Waals surface area contributed by atoms with Crippen LogP contribution in [0, 0.1) is 5.92 Å². The van der Waals surface area contributed by atoms with Crippen molar-refractivity contribution in [2.24, 2.45) is 5.92 Å². The number of ether oxygens (including phenoxy) is 1. The van der Waals surface area contributed by atoms with Crippen LogP contribution in [0.5, 0.6) is 0 Å². The van der Waals surface area contributed by atoms with Gasteiger partial charge in [-0.15, -0.1) is 0 Å². The molecule has 1 aliphatic carbocycles. The van der Waals surface area contributed by atoms with E-state index in [0.29, 0.717) is 6.42 Å². The maximum atomic E-state index is 12.5. The fourth-order valence-corrected chi connectivity index (χ4v) is 3.69. The fourth-order valence-electron chi connectivity index (χ4n) is 3.69. The fraction of sp³-hybridized carbons (Fsp3) is 0.391. The van der Waals surface area contributed by atoms with Gasteiger partial charge in [-0.3, -0.25) is 4.79 Å². The van der Waals surface area contributed by atoms with Gasteiger partial charge in [-0.1, -0.05) is 73.9 Å². The zero-order valence-electron chi connectivity index (χ0n) is 15.8. The van der Waals surface area contributed by atoms with Gasteiger partial charge in [0.2, 0.25) is 5.91 Å². The van der Waals surface area contributed by atoms with Gasteiger partial charge in [-0.05, 0) is 29.5 Å². The Morgan fingerprint density at radius 1 is 0.963 bits per heavy atom. The van der Waals surface area contributed by atoms with Crippen LogP contribution in [0.25, 0.3) is 11.1 Å². The molecular formula is C23H27NO3. The number of amides is 1. The van der Waals surface area contributed by atoms with E-state index in [1.807, 2.05) is 42.5 Å². The van der Waals surface area contributed by atoms with Crippen molar-refractivity contribution in [2.45, 2.75) is 44.6 Å². The normalized spacial score (nSPS) is 15.7. The lowest BCUT2D eigenvalue weighted by atomic mass is 9.88. The monoisotopic (exact) mass is 365 g/mol. The average Bonchev–Trinajstić information content (AvgIpc) is 2.74. The van der Waals surface area contributed by atoms with Crippen LogP contribution in [0.3, 0.4) is 0 Å². The predicted octanol–water partition coefficient (Wildman–Crippen LogP) is 4.13. The Morgan fingerprint density at radius 2 is 1.59 bits per heavy atom. The minimum atomic E-state index is -0.646. The van der Waals surface area contributed by atoms with Crippen molar-refractivity contribution in [3.05, 3.63) is 60.2 Å². The Hall–Kier alpha value is -2.62. The van der Waals surface area contributed by atoms with Gasteiger partial charge in [-0.2, -0.15) is 0 Å². The third-order valence-electron chi connectivity index (χ3n) is 5.28. The molecule has 0 radical (unpaired) electrons. The average molecular weight is 365 g/mol. The molecule has 1 fully saturated rings. The smallest absolute Gasteiger partial charge is 0.328 e. The lowest BCUT2D eigenvalue weighted by Gasteiger charge is -2.24. The van der Waals surface area contributed by atoms with E-state index in [4.69, 9.17) is 4.74 Å². The lowest BCUT2D eigenvalue weighted by Crippen LogP contribution is -2.45. The van der Waals surface area contributed by atoms with Crippen LogP contribution in [0.15, 0.2) is 54.6 Å². The molecular weight excluding hydrogens is 338 g/mol. The van der Waals surface area contributed by atoms with Gasteiger partial charge < -0.3 is 10.1 Å². The number of nitrogens with one attached hydrogen (secondary N) is 1. The van der Waals surface area contributed by atoms with E-state index in [-0.39, 0.29) is 11.8 Å². The predicted molar refractivity (Wildman–Crippen MR) is 106 cm³/mol. The van der Waals surface area contributed by atoms with Crippen LogP contribution in [0.2, 0.25) is 0 Å². The molecule has 1 N–H and O–H groups in total. The summed E-state index contributed by atoms with van der Waals surface area (Å²) in [5.74, 6) is -0.399. The Morgan fingerprint density at radius 3 is 2.22 bits per heavy atom. The molecule has 2 aromatic rings. The summed E-state index contributed by atoms with van der Waals surface area (Å²) in [6.07, 6.45) is 5.61. The summed E-state index contributed by atoms with van der Waals surface area (Å²) < 4.78 is 4.91. The quantitative estimate of drug-likeness (QED) is 0.783. The highest BCUT2D eigenvalue weighted by Gasteiger charge is 2.27. The van der Waals surface area contributed by atoms with Gasteiger partial charge >= 0.3 is 5.97 Å². The van der Waals surface area contributed by atoms with E-state index >= 15 is 0 Å². The highest BCUT2D eigenvalue weighted by atomic mass is 16.5. The number of carbonyl (C=O) groups excluding carboxylic acids is 2. The van der Waals surface area contributed by atoms with Crippen LogP contribution in [-0.2, 0) is 20.7 Å². The van der Waals surface area contributed by atoms with E-state index in [0.717, 1.165) is 42.4 Å². The first-order valence-electron chi connectivity index (χ1n) is 9.70. The summed E-state index contributed by atoms with van der Waals surface area (Å²) >= 11 is 0. The minimum Gasteiger partial charge on any atom is -0.467 e. The Kier molecular flexibility index (Phi) is 6.64. The topological polar surface area (TPSA) is 55.4 Å². The van der Waals surface area contributed by atoms with Crippen molar-refractivity contribution in [1.82, 2.24) is 5.32 Å². The molecule has 1 amide bonds. The molecule has 1 aliphatic rings. The molecule has 4 nitrogen and oxygen atoms in total. The SMILES string of the molecule is COC(=O)[C@@H](Cc1ccc(-c2ccccc2)cc1)NC(=O)C1CCCCC1. The van der Waals surface area contributed by atoms with Crippen LogP contribution < -0.4 is 5.32 Å². The number of hydrogen-bond donors (Lipinski definition) is 1. The summed E-state index contributed by atoms with van der Waals surface area (Å²) in [7, 11) is 1.36. The zero-order valence-corrected chi connectivity index (χ0v) is 15.8. The molecule has 0 aromatic heterocycles. The van der Waals surface area contributed by atoms with Crippen molar-refractivity contribution in [3.8, 4) is 11.1 Å². The molecule has 142 valence electrons. The second-order valence-corrected chi connectivity index (χ2v) is 7.19. The van der Waals surface area contributed by atoms with E-state index in [2.05, 4.69) is 17.4 Å². The van der Waals surface area contributed by atoms with Crippen LogP contribution in [0.4, 0.5) is 0 Å². The standard InChI is InChI=1S/C23H27NO3/c1-27-23(26)21(24-22(25)20-10-6-3-7-11-20)16-17-12-14-19(15-13-17)18-8-4-2-5-9-18/h2,4-5,8-9,12-15,20-21H,3,6-7,10-11,16H2,1H3,(H,24,25)/t21-/m1/s1. The molecule has 0 saturated heterocycles. The summed E-state index contributed by atoms with van der Waals surface area (Å²) in [4.78, 5) is 24.7.